The van der Waals surface area contributed by atoms with Crippen molar-refractivity contribution < 1.29 is 28.6 Å². The molecule has 6 heteroatoms. The van der Waals surface area contributed by atoms with Gasteiger partial charge in [0, 0.05) is 19.3 Å². The number of allylic oxidation sites excluding steroid dienone is 12. The van der Waals surface area contributed by atoms with Crippen LogP contribution in [0.4, 0.5) is 0 Å². The fourth-order valence-electron chi connectivity index (χ4n) is 10.6. The Labute approximate surface area is 516 Å². The first-order chi connectivity index (χ1) is 41.0. The van der Waals surface area contributed by atoms with Gasteiger partial charge < -0.3 is 14.2 Å². The highest BCUT2D eigenvalue weighted by molar-refractivity contribution is 5.71. The smallest absolute Gasteiger partial charge is 0.306 e. The lowest BCUT2D eigenvalue weighted by molar-refractivity contribution is -0.167. The van der Waals surface area contributed by atoms with Gasteiger partial charge in [-0.05, 0) is 109 Å². The Hall–Kier alpha value is -3.15. The van der Waals surface area contributed by atoms with Crippen molar-refractivity contribution in [2.45, 2.75) is 386 Å². The van der Waals surface area contributed by atoms with Crippen molar-refractivity contribution in [3.8, 4) is 0 Å². The van der Waals surface area contributed by atoms with E-state index in [4.69, 9.17) is 14.2 Å². The summed E-state index contributed by atoms with van der Waals surface area (Å²) in [4.78, 5) is 38.4. The summed E-state index contributed by atoms with van der Waals surface area (Å²) in [6.45, 7) is 6.62. The number of hydrogen-bond donors (Lipinski definition) is 0. The summed E-state index contributed by atoms with van der Waals surface area (Å²) in [5.41, 5.74) is 0. The Morgan fingerprint density at radius 3 is 0.723 bits per heavy atom. The predicted octanol–water partition coefficient (Wildman–Crippen LogP) is 25.2. The van der Waals surface area contributed by atoms with E-state index in [-0.39, 0.29) is 31.1 Å². The van der Waals surface area contributed by atoms with Crippen LogP contribution >= 0.6 is 0 Å². The second kappa shape index (κ2) is 71.3. The Balaban J connectivity index is 4.19. The van der Waals surface area contributed by atoms with E-state index < -0.39 is 6.10 Å². The maximum Gasteiger partial charge on any atom is 0.306 e. The molecule has 0 aliphatic rings. The number of carbonyl (C=O) groups is 3. The predicted molar refractivity (Wildman–Crippen MR) is 362 cm³/mol. The van der Waals surface area contributed by atoms with Crippen molar-refractivity contribution in [2.24, 2.45) is 0 Å². The number of unbranched alkanes of at least 4 members (excludes halogenated alkanes) is 44. The van der Waals surface area contributed by atoms with Crippen LogP contribution < -0.4 is 0 Å². The van der Waals surface area contributed by atoms with E-state index in [9.17, 15) is 14.4 Å². The summed E-state index contributed by atoms with van der Waals surface area (Å²) in [6.07, 6.45) is 93.7. The van der Waals surface area contributed by atoms with Crippen molar-refractivity contribution in [3.63, 3.8) is 0 Å². The number of ether oxygens (including phenoxy) is 3. The fraction of sp³-hybridized carbons (Fsp3) is 0.805. The highest BCUT2D eigenvalue weighted by Crippen LogP contribution is 2.18. The maximum atomic E-state index is 13.0. The summed E-state index contributed by atoms with van der Waals surface area (Å²) in [5.74, 6) is -0.868. The van der Waals surface area contributed by atoms with E-state index in [1.807, 2.05) is 0 Å². The molecule has 0 amide bonds. The van der Waals surface area contributed by atoms with E-state index in [2.05, 4.69) is 93.7 Å². The highest BCUT2D eigenvalue weighted by Gasteiger charge is 2.19. The van der Waals surface area contributed by atoms with E-state index in [1.54, 1.807) is 0 Å². The van der Waals surface area contributed by atoms with Gasteiger partial charge in [0.15, 0.2) is 6.10 Å². The van der Waals surface area contributed by atoms with E-state index in [0.717, 1.165) is 83.5 Å². The number of esters is 3. The van der Waals surface area contributed by atoms with Gasteiger partial charge in [-0.25, -0.2) is 0 Å². The first-order valence-electron chi connectivity index (χ1n) is 36.4. The molecular formula is C77H138O6. The van der Waals surface area contributed by atoms with Gasteiger partial charge >= 0.3 is 17.9 Å². The van der Waals surface area contributed by atoms with Crippen LogP contribution in [0.15, 0.2) is 72.9 Å². The quantitative estimate of drug-likeness (QED) is 0.0261. The zero-order valence-electron chi connectivity index (χ0n) is 55.5. The summed E-state index contributed by atoms with van der Waals surface area (Å²) < 4.78 is 17.0. The van der Waals surface area contributed by atoms with Crippen LogP contribution in [-0.4, -0.2) is 37.2 Å². The zero-order chi connectivity index (χ0) is 59.9. The lowest BCUT2D eigenvalue weighted by Crippen LogP contribution is -2.30. The number of carbonyl (C=O) groups excluding carboxylic acids is 3. The molecule has 0 fully saturated rings. The third kappa shape index (κ3) is 69.5. The molecule has 0 aromatic carbocycles. The van der Waals surface area contributed by atoms with Gasteiger partial charge in [-0.2, -0.15) is 0 Å². The first-order valence-corrected chi connectivity index (χ1v) is 36.4. The number of hydrogen-bond acceptors (Lipinski definition) is 6. The van der Waals surface area contributed by atoms with Crippen LogP contribution in [0.25, 0.3) is 0 Å². The minimum Gasteiger partial charge on any atom is -0.462 e. The summed E-state index contributed by atoms with van der Waals surface area (Å²) in [6, 6.07) is 0. The van der Waals surface area contributed by atoms with Crippen LogP contribution in [0.3, 0.4) is 0 Å². The Morgan fingerprint density at radius 2 is 0.446 bits per heavy atom. The zero-order valence-corrected chi connectivity index (χ0v) is 55.5. The molecule has 0 saturated carbocycles. The third-order valence-electron chi connectivity index (χ3n) is 16.2. The fourth-order valence-corrected chi connectivity index (χ4v) is 10.6. The van der Waals surface area contributed by atoms with Gasteiger partial charge in [0.2, 0.25) is 0 Å². The molecule has 0 aromatic rings. The molecule has 6 nitrogen and oxygen atoms in total. The molecule has 0 aliphatic carbocycles. The lowest BCUT2D eigenvalue weighted by atomic mass is 10.0. The lowest BCUT2D eigenvalue weighted by Gasteiger charge is -2.18. The van der Waals surface area contributed by atoms with Crippen molar-refractivity contribution in [3.05, 3.63) is 72.9 Å². The molecule has 0 N–H and O–H groups in total. The molecule has 83 heavy (non-hydrogen) atoms. The topological polar surface area (TPSA) is 78.9 Å². The minimum atomic E-state index is -0.780. The molecule has 0 bridgehead atoms. The summed E-state index contributed by atoms with van der Waals surface area (Å²) >= 11 is 0. The van der Waals surface area contributed by atoms with Gasteiger partial charge in [-0.1, -0.05) is 325 Å². The molecular weight excluding hydrogens is 1020 g/mol. The summed E-state index contributed by atoms with van der Waals surface area (Å²) in [7, 11) is 0. The Bertz CT molecular complexity index is 1520. The van der Waals surface area contributed by atoms with Crippen LogP contribution in [0.1, 0.15) is 380 Å². The average Bonchev–Trinajstić information content (AvgIpc) is 3.48. The van der Waals surface area contributed by atoms with Gasteiger partial charge in [0.1, 0.15) is 13.2 Å². The first kappa shape index (κ1) is 79.8. The second-order valence-electron chi connectivity index (χ2n) is 24.5. The molecule has 0 saturated heterocycles. The monoisotopic (exact) mass is 1160 g/mol. The molecule has 0 aliphatic heterocycles. The summed E-state index contributed by atoms with van der Waals surface area (Å²) in [5, 5.41) is 0. The molecule has 1 unspecified atom stereocenters. The van der Waals surface area contributed by atoms with Gasteiger partial charge in [0.25, 0.3) is 0 Å². The Kier molecular flexibility index (Phi) is 68.6. The van der Waals surface area contributed by atoms with E-state index in [0.29, 0.717) is 19.3 Å². The molecule has 482 valence electrons. The van der Waals surface area contributed by atoms with Crippen molar-refractivity contribution in [1.82, 2.24) is 0 Å². The average molecular weight is 1160 g/mol. The van der Waals surface area contributed by atoms with Gasteiger partial charge in [0.05, 0.1) is 0 Å². The minimum absolute atomic E-state index is 0.0760. The van der Waals surface area contributed by atoms with Crippen LogP contribution in [0.5, 0.6) is 0 Å². The van der Waals surface area contributed by atoms with Gasteiger partial charge in [-0.3, -0.25) is 14.4 Å². The molecule has 0 radical (unpaired) electrons. The largest absolute Gasteiger partial charge is 0.462 e. The maximum absolute atomic E-state index is 13.0. The SMILES string of the molecule is CCCC/C=C\CCCCCCCC(=O)OCC(COC(=O)CCCCCCCCCCCCCC/C=C\C/C=C\C/C=C\CCCCCCC)OC(=O)CCCCCCCCCCCCCCCCC/C=C\C/C=C\CCCCCCC. The van der Waals surface area contributed by atoms with Crippen molar-refractivity contribution >= 4 is 17.9 Å². The molecule has 0 heterocycles. The highest BCUT2D eigenvalue weighted by atomic mass is 16.6. The van der Waals surface area contributed by atoms with Crippen LogP contribution in [0.2, 0.25) is 0 Å². The molecule has 1 atom stereocenters. The van der Waals surface area contributed by atoms with Crippen LogP contribution in [0, 0.1) is 0 Å². The van der Waals surface area contributed by atoms with Crippen molar-refractivity contribution in [1.29, 1.82) is 0 Å². The van der Waals surface area contributed by atoms with Crippen molar-refractivity contribution in [2.75, 3.05) is 13.2 Å². The van der Waals surface area contributed by atoms with E-state index in [1.165, 1.54) is 257 Å². The van der Waals surface area contributed by atoms with E-state index >= 15 is 0 Å². The standard InChI is InChI=1S/C77H138O6/c1-4-7-10-13-16-19-22-24-26-28-30-32-34-36-38-40-42-44-46-48-50-52-55-58-61-64-67-70-76(79)82-73-74(72-81-75(78)69-66-63-60-57-54-21-18-15-12-9-6-3)83-77(80)71-68-65-62-59-56-53-51-49-47-45-43-41-39-37-35-33-31-29-27-25-23-20-17-14-11-8-5-2/h15,18,22-25,28-31,34,36,74H,4-14,16-17,19-21,26-27,32-33,35,37-73H2,1-3H3/b18-15-,24-22-,25-23-,30-28-,31-29-,36-34-. The second-order valence-corrected chi connectivity index (χ2v) is 24.5. The molecule has 0 aromatic heterocycles. The van der Waals surface area contributed by atoms with Gasteiger partial charge in [-0.15, -0.1) is 0 Å². The Morgan fingerprint density at radius 1 is 0.241 bits per heavy atom. The number of rotatable bonds is 67. The van der Waals surface area contributed by atoms with Crippen LogP contribution in [-0.2, 0) is 28.6 Å². The molecule has 0 rings (SSSR count). The third-order valence-corrected chi connectivity index (χ3v) is 16.2. The normalized spacial score (nSPS) is 12.5. The molecule has 0 spiro atoms.